The van der Waals surface area contributed by atoms with Gasteiger partial charge in [0.2, 0.25) is 6.23 Å². The van der Waals surface area contributed by atoms with Gasteiger partial charge in [0, 0.05) is 0 Å². The number of pyridine rings is 1. The zero-order chi connectivity index (χ0) is 14.3. The molecule has 1 aromatic rings. The molecule has 0 fully saturated rings. The van der Waals surface area contributed by atoms with Crippen molar-refractivity contribution in [1.29, 1.82) is 0 Å². The molecule has 0 unspecified atom stereocenters. The van der Waals surface area contributed by atoms with Gasteiger partial charge in [-0.3, -0.25) is 0 Å². The van der Waals surface area contributed by atoms with Gasteiger partial charge in [0.25, 0.3) is 10.0 Å². The summed E-state index contributed by atoms with van der Waals surface area (Å²) >= 11 is 3.22. The minimum Gasteiger partial charge on any atom is -0.249 e. The summed E-state index contributed by atoms with van der Waals surface area (Å²) in [6.45, 7) is 0. The fraction of sp³-hybridized carbons (Fsp3) is 0.417. The second-order valence-corrected chi connectivity index (χ2v) is 7.38. The molecule has 0 radical (unpaired) electrons. The Balaban J connectivity index is 2.12. The number of anilines is 1. The highest BCUT2D eigenvalue weighted by molar-refractivity contribution is 9.10. The van der Waals surface area contributed by atoms with Crippen molar-refractivity contribution in [3.63, 3.8) is 0 Å². The van der Waals surface area contributed by atoms with Gasteiger partial charge in [0.15, 0.2) is 0 Å². The third kappa shape index (κ3) is 2.07. The van der Waals surface area contributed by atoms with Crippen LogP contribution in [-0.2, 0) is 14.9 Å². The first-order valence-corrected chi connectivity index (χ1v) is 8.48. The normalized spacial score (nSPS) is 24.9. The maximum absolute atomic E-state index is 12.6. The summed E-state index contributed by atoms with van der Waals surface area (Å²) in [4.78, 5) is 8.97. The van der Waals surface area contributed by atoms with Gasteiger partial charge in [0.05, 0.1) is 4.91 Å². The predicted octanol–water partition coefficient (Wildman–Crippen LogP) is 2.64. The van der Waals surface area contributed by atoms with Crippen LogP contribution in [0.2, 0.25) is 0 Å². The zero-order valence-electron chi connectivity index (χ0n) is 10.5. The van der Waals surface area contributed by atoms with E-state index in [1.807, 2.05) is 0 Å². The molecule has 0 saturated heterocycles. The van der Waals surface area contributed by atoms with Gasteiger partial charge in [0.1, 0.15) is 10.4 Å². The number of halogens is 1. The molecule has 8 heteroatoms. The van der Waals surface area contributed by atoms with E-state index in [9.17, 15) is 8.42 Å². The summed E-state index contributed by atoms with van der Waals surface area (Å²) in [6, 6.07) is 4.97. The van der Waals surface area contributed by atoms with E-state index in [2.05, 4.69) is 25.8 Å². The van der Waals surface area contributed by atoms with Crippen LogP contribution in [0, 0.1) is 0 Å². The molecule has 6 nitrogen and oxygen atoms in total. The Hall–Kier alpha value is -0.960. The van der Waals surface area contributed by atoms with Crippen LogP contribution in [0.5, 0.6) is 0 Å². The van der Waals surface area contributed by atoms with E-state index in [-0.39, 0.29) is 5.82 Å². The lowest BCUT2D eigenvalue weighted by atomic mass is 9.98. The van der Waals surface area contributed by atoms with Gasteiger partial charge in [-0.25, -0.2) is 27.9 Å². The molecule has 108 valence electrons. The molecule has 0 saturated carbocycles. The number of allylic oxidation sites excluding steroid dienone is 1. The maximum Gasteiger partial charge on any atom is 0.264 e. The first-order chi connectivity index (χ1) is 9.55. The van der Waals surface area contributed by atoms with Crippen molar-refractivity contribution in [2.24, 2.45) is 0 Å². The molecule has 1 aromatic heterocycles. The highest BCUT2D eigenvalue weighted by Crippen LogP contribution is 2.43. The average molecular weight is 361 g/mol. The topological polar surface area (TPSA) is 79.7 Å². The third-order valence-electron chi connectivity index (χ3n) is 3.57. The van der Waals surface area contributed by atoms with E-state index in [0.717, 1.165) is 17.1 Å². The summed E-state index contributed by atoms with van der Waals surface area (Å²) in [7, 11) is -3.67. The van der Waals surface area contributed by atoms with Crippen LogP contribution in [0.4, 0.5) is 5.82 Å². The number of aromatic nitrogens is 1. The third-order valence-corrected chi connectivity index (χ3v) is 5.99. The quantitative estimate of drug-likeness (QED) is 0.498. The fourth-order valence-electron chi connectivity index (χ4n) is 2.71. The van der Waals surface area contributed by atoms with Crippen LogP contribution in [-0.4, -0.2) is 24.9 Å². The molecular formula is C12H13BrN2O4S. The minimum atomic E-state index is -3.67. The molecule has 1 aliphatic heterocycles. The van der Waals surface area contributed by atoms with Gasteiger partial charge in [-0.05, 0) is 59.3 Å². The molecule has 3 rings (SSSR count). The van der Waals surface area contributed by atoms with Crippen LogP contribution in [0.15, 0.2) is 33.3 Å². The molecule has 1 N–H and O–H groups in total. The van der Waals surface area contributed by atoms with Crippen molar-refractivity contribution in [3.8, 4) is 0 Å². The summed E-state index contributed by atoms with van der Waals surface area (Å²) in [5.74, 6) is 0.229. The van der Waals surface area contributed by atoms with E-state index in [1.165, 1.54) is 0 Å². The van der Waals surface area contributed by atoms with Gasteiger partial charge in [-0.15, -0.1) is 0 Å². The highest BCUT2D eigenvalue weighted by atomic mass is 79.9. The molecule has 2 heterocycles. The molecule has 0 spiro atoms. The molecular weight excluding hydrogens is 348 g/mol. The van der Waals surface area contributed by atoms with E-state index in [0.29, 0.717) is 27.9 Å². The van der Waals surface area contributed by atoms with Gasteiger partial charge in [-0.1, -0.05) is 6.07 Å². The van der Waals surface area contributed by atoms with E-state index < -0.39 is 16.3 Å². The Labute approximate surface area is 125 Å². The number of nitrogens with zero attached hydrogens (tertiary/aromatic N) is 2. The Morgan fingerprint density at radius 1 is 1.35 bits per heavy atom. The Morgan fingerprint density at radius 3 is 2.80 bits per heavy atom. The molecule has 1 atom stereocenters. The Bertz CT molecular complexity index is 674. The summed E-state index contributed by atoms with van der Waals surface area (Å²) in [6.07, 6.45) is 1.83. The number of sulfonamides is 1. The Kier molecular flexibility index (Phi) is 3.57. The first kappa shape index (κ1) is 14.0. The minimum absolute atomic E-state index is 0.229. The average Bonchev–Trinajstić information content (AvgIpc) is 2.67. The van der Waals surface area contributed by atoms with Crippen molar-refractivity contribution in [2.75, 3.05) is 4.31 Å². The van der Waals surface area contributed by atoms with E-state index in [1.54, 1.807) is 18.2 Å². The first-order valence-electron chi connectivity index (χ1n) is 6.25. The van der Waals surface area contributed by atoms with Gasteiger partial charge in [-0.2, -0.15) is 0 Å². The van der Waals surface area contributed by atoms with E-state index in [4.69, 9.17) is 5.26 Å². The molecule has 0 bridgehead atoms. The van der Waals surface area contributed by atoms with Crippen molar-refractivity contribution >= 4 is 31.8 Å². The van der Waals surface area contributed by atoms with Crippen molar-refractivity contribution in [2.45, 2.75) is 31.9 Å². The molecule has 0 amide bonds. The van der Waals surface area contributed by atoms with Crippen LogP contribution in [0.25, 0.3) is 0 Å². The van der Waals surface area contributed by atoms with Crippen LogP contribution in [0.1, 0.15) is 25.7 Å². The van der Waals surface area contributed by atoms with Crippen molar-refractivity contribution in [3.05, 3.63) is 33.3 Å². The van der Waals surface area contributed by atoms with Gasteiger partial charge >= 0.3 is 0 Å². The SMILES string of the molecule is O=S1(=O)C2=C(CCCC2)[C@@H](OO)N1c1cccc(Br)n1. The number of hydrogen-bond acceptors (Lipinski definition) is 5. The zero-order valence-corrected chi connectivity index (χ0v) is 12.9. The van der Waals surface area contributed by atoms with Crippen molar-refractivity contribution in [1.82, 2.24) is 4.98 Å². The summed E-state index contributed by atoms with van der Waals surface area (Å²) < 4.78 is 26.8. The smallest absolute Gasteiger partial charge is 0.249 e. The molecule has 1 aliphatic carbocycles. The standard InChI is InChI=1S/C12H13BrN2O4S/c13-10-6-3-7-11(14-10)15-12(19-16)8-4-1-2-5-9(8)20(15,17)18/h3,6-7,12,16H,1-2,4-5H2/t12-/m1/s1. The lowest BCUT2D eigenvalue weighted by molar-refractivity contribution is -0.265. The lowest BCUT2D eigenvalue weighted by Crippen LogP contribution is -2.37. The van der Waals surface area contributed by atoms with Crippen LogP contribution >= 0.6 is 15.9 Å². The van der Waals surface area contributed by atoms with E-state index >= 15 is 0 Å². The predicted molar refractivity (Wildman–Crippen MR) is 76.3 cm³/mol. The number of rotatable bonds is 2. The van der Waals surface area contributed by atoms with Crippen molar-refractivity contribution < 1.29 is 18.6 Å². The Morgan fingerprint density at radius 2 is 2.10 bits per heavy atom. The second kappa shape index (κ2) is 5.10. The molecule has 0 aromatic carbocycles. The number of hydrogen-bond donors (Lipinski definition) is 1. The highest BCUT2D eigenvalue weighted by Gasteiger charge is 2.47. The monoisotopic (exact) mass is 360 g/mol. The lowest BCUT2D eigenvalue weighted by Gasteiger charge is -2.23. The largest absolute Gasteiger partial charge is 0.264 e. The summed E-state index contributed by atoms with van der Waals surface area (Å²) in [5.41, 5.74) is 0.639. The van der Waals surface area contributed by atoms with Crippen LogP contribution < -0.4 is 4.31 Å². The summed E-state index contributed by atoms with van der Waals surface area (Å²) in [5, 5.41) is 9.16. The van der Waals surface area contributed by atoms with Gasteiger partial charge < -0.3 is 0 Å². The maximum atomic E-state index is 12.6. The molecule has 2 aliphatic rings. The molecule has 20 heavy (non-hydrogen) atoms. The second-order valence-electron chi connectivity index (χ2n) is 4.73. The fourth-order valence-corrected chi connectivity index (χ4v) is 4.99. The van der Waals surface area contributed by atoms with Crippen LogP contribution in [0.3, 0.4) is 0 Å².